The number of fused-ring (bicyclic) bond motifs is 1. The van der Waals surface area contributed by atoms with Gasteiger partial charge in [0.1, 0.15) is 5.58 Å². The third kappa shape index (κ3) is 7.43. The van der Waals surface area contributed by atoms with Gasteiger partial charge in [-0.25, -0.2) is 4.79 Å². The number of hydrogen-bond acceptors (Lipinski definition) is 7. The standard InChI is InChI=1S/C26H36N2O6.ClH/c1-31-14-15-32-12-5-13-33-26(30)23-17-19-16-20(8-9-22(19)34-23)28-25(29)24-21(10-11-27-24)18-6-3-2-4-7-18;/h8-9,16-18,21,24,27H,2-7,10-15H2,1H3,(H,28,29);1H/t21-,24-;/m0./s1. The lowest BCUT2D eigenvalue weighted by atomic mass is 9.76. The number of hydrogen-bond donors (Lipinski definition) is 2. The van der Waals surface area contributed by atoms with Gasteiger partial charge in [-0.3, -0.25) is 4.79 Å². The highest BCUT2D eigenvalue weighted by molar-refractivity contribution is 5.98. The third-order valence-electron chi connectivity index (χ3n) is 6.89. The Hall–Kier alpha value is -2.13. The number of methoxy groups -OCH3 is 1. The van der Waals surface area contributed by atoms with Crippen molar-refractivity contribution in [3.8, 4) is 0 Å². The quantitative estimate of drug-likeness (QED) is 0.339. The molecule has 0 bridgehead atoms. The molecule has 8 nitrogen and oxygen atoms in total. The lowest BCUT2D eigenvalue weighted by Crippen LogP contribution is -2.42. The SMILES string of the molecule is COCCOCCCOC(=O)c1cc2cc(NC(=O)[C@H]3NCC[C@H]3C3CCCCC3)ccc2o1.Cl. The lowest BCUT2D eigenvalue weighted by Gasteiger charge is -2.30. The first-order valence-electron chi connectivity index (χ1n) is 12.5. The number of anilines is 1. The maximum atomic E-state index is 13.1. The van der Waals surface area contributed by atoms with Gasteiger partial charge >= 0.3 is 5.97 Å². The molecule has 4 rings (SSSR count). The van der Waals surface area contributed by atoms with Crippen molar-refractivity contribution in [2.24, 2.45) is 11.8 Å². The first-order chi connectivity index (χ1) is 16.7. The molecule has 1 saturated carbocycles. The van der Waals surface area contributed by atoms with Crippen LogP contribution in [0.15, 0.2) is 28.7 Å². The van der Waals surface area contributed by atoms with Crippen LogP contribution < -0.4 is 10.6 Å². The Morgan fingerprint density at radius 2 is 1.89 bits per heavy atom. The van der Waals surface area contributed by atoms with E-state index in [9.17, 15) is 9.59 Å². The van der Waals surface area contributed by atoms with Gasteiger partial charge in [0.2, 0.25) is 11.7 Å². The largest absolute Gasteiger partial charge is 0.460 e. The summed E-state index contributed by atoms with van der Waals surface area (Å²) in [6, 6.07) is 6.92. The van der Waals surface area contributed by atoms with E-state index in [1.54, 1.807) is 25.3 Å². The third-order valence-corrected chi connectivity index (χ3v) is 6.89. The molecule has 0 radical (unpaired) electrons. The molecule has 1 aromatic carbocycles. The second-order valence-electron chi connectivity index (χ2n) is 9.23. The van der Waals surface area contributed by atoms with E-state index in [1.807, 2.05) is 6.07 Å². The molecule has 1 aliphatic carbocycles. The molecule has 1 aromatic heterocycles. The molecule has 1 amide bonds. The molecule has 194 valence electrons. The minimum Gasteiger partial charge on any atom is -0.460 e. The fourth-order valence-electron chi connectivity index (χ4n) is 5.16. The maximum Gasteiger partial charge on any atom is 0.374 e. The minimum atomic E-state index is -0.510. The van der Waals surface area contributed by atoms with Gasteiger partial charge in [-0.15, -0.1) is 12.4 Å². The van der Waals surface area contributed by atoms with Gasteiger partial charge < -0.3 is 29.3 Å². The Balaban J connectivity index is 0.00000342. The smallest absolute Gasteiger partial charge is 0.374 e. The minimum absolute atomic E-state index is 0. The van der Waals surface area contributed by atoms with Crippen LogP contribution in [0.5, 0.6) is 0 Å². The van der Waals surface area contributed by atoms with Crippen LogP contribution in [0, 0.1) is 11.8 Å². The predicted octanol–water partition coefficient (Wildman–Crippen LogP) is 4.56. The van der Waals surface area contributed by atoms with Gasteiger partial charge in [0, 0.05) is 31.2 Å². The average Bonchev–Trinajstić information content (AvgIpc) is 3.51. The highest BCUT2D eigenvalue weighted by atomic mass is 35.5. The summed E-state index contributed by atoms with van der Waals surface area (Å²) in [5, 5.41) is 7.22. The van der Waals surface area contributed by atoms with Gasteiger partial charge in [-0.05, 0) is 49.1 Å². The molecule has 35 heavy (non-hydrogen) atoms. The Kier molecular flexibility index (Phi) is 10.8. The van der Waals surface area contributed by atoms with Gasteiger partial charge in [0.25, 0.3) is 0 Å². The summed E-state index contributed by atoms with van der Waals surface area (Å²) >= 11 is 0. The predicted molar refractivity (Wildman–Crippen MR) is 136 cm³/mol. The molecular formula is C26H37ClN2O6. The number of rotatable bonds is 11. The highest BCUT2D eigenvalue weighted by Gasteiger charge is 2.38. The number of ether oxygens (including phenoxy) is 3. The van der Waals surface area contributed by atoms with Gasteiger partial charge in [-0.2, -0.15) is 0 Å². The van der Waals surface area contributed by atoms with Crippen LogP contribution in [0.2, 0.25) is 0 Å². The van der Waals surface area contributed by atoms with Gasteiger partial charge in [-0.1, -0.05) is 32.1 Å². The summed E-state index contributed by atoms with van der Waals surface area (Å²) in [7, 11) is 1.62. The van der Waals surface area contributed by atoms with E-state index in [0.29, 0.717) is 49.3 Å². The van der Waals surface area contributed by atoms with Gasteiger partial charge in [0.05, 0.1) is 25.9 Å². The maximum absolute atomic E-state index is 13.1. The normalized spacial score (nSPS) is 20.5. The fourth-order valence-corrected chi connectivity index (χ4v) is 5.16. The number of furan rings is 1. The number of amides is 1. The zero-order valence-corrected chi connectivity index (χ0v) is 21.2. The summed E-state index contributed by atoms with van der Waals surface area (Å²) < 4.78 is 21.2. The molecule has 2 aromatic rings. The van der Waals surface area contributed by atoms with Crippen LogP contribution in [0.25, 0.3) is 11.0 Å². The zero-order valence-electron chi connectivity index (χ0n) is 20.4. The molecular weight excluding hydrogens is 472 g/mol. The number of halogens is 1. The highest BCUT2D eigenvalue weighted by Crippen LogP contribution is 2.36. The molecule has 2 aliphatic rings. The van der Waals surface area contributed by atoms with E-state index in [1.165, 1.54) is 32.1 Å². The summed E-state index contributed by atoms with van der Waals surface area (Å²) in [5.41, 5.74) is 1.27. The molecule has 1 saturated heterocycles. The van der Waals surface area contributed by atoms with Crippen LogP contribution in [0.3, 0.4) is 0 Å². The fraction of sp³-hybridized carbons (Fsp3) is 0.615. The van der Waals surface area contributed by atoms with Crippen LogP contribution in [0.4, 0.5) is 5.69 Å². The van der Waals surface area contributed by atoms with E-state index in [2.05, 4.69) is 10.6 Å². The molecule has 2 atom stereocenters. The average molecular weight is 509 g/mol. The number of carbonyl (C=O) groups excluding carboxylic acids is 2. The summed E-state index contributed by atoms with van der Waals surface area (Å²) in [6.07, 6.45) is 8.00. The monoisotopic (exact) mass is 508 g/mol. The van der Waals surface area contributed by atoms with E-state index >= 15 is 0 Å². The second-order valence-corrected chi connectivity index (χ2v) is 9.23. The second kappa shape index (κ2) is 13.8. The molecule has 2 N–H and O–H groups in total. The molecule has 1 aliphatic heterocycles. The van der Waals surface area contributed by atoms with Crippen LogP contribution >= 0.6 is 12.4 Å². The van der Waals surface area contributed by atoms with E-state index in [0.717, 1.165) is 18.4 Å². The zero-order chi connectivity index (χ0) is 23.8. The first-order valence-corrected chi connectivity index (χ1v) is 12.5. The van der Waals surface area contributed by atoms with E-state index in [-0.39, 0.29) is 36.7 Å². The molecule has 9 heteroatoms. The van der Waals surface area contributed by atoms with Crippen LogP contribution in [0.1, 0.15) is 55.5 Å². The van der Waals surface area contributed by atoms with Crippen molar-refractivity contribution in [2.45, 2.75) is 51.0 Å². The van der Waals surface area contributed by atoms with Crippen molar-refractivity contribution in [2.75, 3.05) is 45.4 Å². The van der Waals surface area contributed by atoms with Crippen molar-refractivity contribution in [1.82, 2.24) is 5.32 Å². The van der Waals surface area contributed by atoms with E-state index in [4.69, 9.17) is 18.6 Å². The van der Waals surface area contributed by atoms with E-state index < -0.39 is 5.97 Å². The Morgan fingerprint density at radius 1 is 1.06 bits per heavy atom. The van der Waals surface area contributed by atoms with Gasteiger partial charge in [0.15, 0.2) is 0 Å². The number of esters is 1. The lowest BCUT2D eigenvalue weighted by molar-refractivity contribution is -0.119. The van der Waals surface area contributed by atoms with Crippen LogP contribution in [-0.4, -0.2) is 58.0 Å². The summed E-state index contributed by atoms with van der Waals surface area (Å²) in [5.74, 6) is 0.701. The Bertz CT molecular complexity index is 958. The topological polar surface area (TPSA) is 99.0 Å². The first kappa shape index (κ1) is 27.5. The molecule has 0 unspecified atom stereocenters. The molecule has 0 spiro atoms. The van der Waals surface area contributed by atoms with Crippen molar-refractivity contribution in [1.29, 1.82) is 0 Å². The number of nitrogens with one attached hydrogen (secondary N) is 2. The Morgan fingerprint density at radius 3 is 2.69 bits per heavy atom. The summed E-state index contributed by atoms with van der Waals surface area (Å²) in [6.45, 7) is 2.70. The summed E-state index contributed by atoms with van der Waals surface area (Å²) in [4.78, 5) is 25.4. The molecule has 2 fully saturated rings. The van der Waals surface area contributed by atoms with Crippen molar-refractivity contribution in [3.05, 3.63) is 30.0 Å². The van der Waals surface area contributed by atoms with Crippen molar-refractivity contribution >= 4 is 40.9 Å². The Labute approximate surface area is 212 Å². The van der Waals surface area contributed by atoms with Crippen LogP contribution in [-0.2, 0) is 19.0 Å². The van der Waals surface area contributed by atoms with Crippen molar-refractivity contribution < 1.29 is 28.2 Å². The van der Waals surface area contributed by atoms with Crippen molar-refractivity contribution in [3.63, 3.8) is 0 Å². The number of carbonyl (C=O) groups is 2. The molecule has 2 heterocycles. The number of benzene rings is 1.